The second-order valence-electron chi connectivity index (χ2n) is 6.05. The summed E-state index contributed by atoms with van der Waals surface area (Å²) >= 11 is 0. The lowest BCUT2D eigenvalue weighted by molar-refractivity contribution is 0.511. The molecule has 0 radical (unpaired) electrons. The summed E-state index contributed by atoms with van der Waals surface area (Å²) in [6.07, 6.45) is 2.06. The molecule has 0 amide bonds. The molecule has 2 heterocycles. The second kappa shape index (κ2) is 5.36. The smallest absolute Gasteiger partial charge is 0.166 e. The summed E-state index contributed by atoms with van der Waals surface area (Å²) in [5.74, 6) is -1.20. The summed E-state index contributed by atoms with van der Waals surface area (Å²) < 4.78 is 27.9. The van der Waals surface area contributed by atoms with Crippen LogP contribution < -0.4 is 10.6 Å². The van der Waals surface area contributed by atoms with E-state index in [4.69, 9.17) is 0 Å². The monoisotopic (exact) mass is 300 g/mol. The standard InChI is InChI=1S/C18H18F2N2/c19-14-5-1-4-12(18(14)20)11-3-2-6-16-17(11)13-7-9-21-10-8-15(13)22-16/h1-6,13,15,21-22H,7-10H2/t13-,15+/m1/s1. The first-order valence-electron chi connectivity index (χ1n) is 7.80. The Kier molecular flexibility index (Phi) is 3.34. The van der Waals surface area contributed by atoms with E-state index in [0.29, 0.717) is 17.5 Å². The molecule has 2 nitrogen and oxygen atoms in total. The van der Waals surface area contributed by atoms with Gasteiger partial charge in [0.1, 0.15) is 0 Å². The van der Waals surface area contributed by atoms with Gasteiger partial charge in [-0.1, -0.05) is 24.3 Å². The average Bonchev–Trinajstić information content (AvgIpc) is 2.72. The van der Waals surface area contributed by atoms with Gasteiger partial charge in [-0.3, -0.25) is 0 Å². The van der Waals surface area contributed by atoms with Crippen molar-refractivity contribution in [1.29, 1.82) is 0 Å². The highest BCUT2D eigenvalue weighted by atomic mass is 19.2. The average molecular weight is 300 g/mol. The Balaban J connectivity index is 1.87. The van der Waals surface area contributed by atoms with Crippen LogP contribution in [-0.2, 0) is 0 Å². The molecule has 2 aliphatic rings. The summed E-state index contributed by atoms with van der Waals surface area (Å²) in [7, 11) is 0. The third-order valence-electron chi connectivity index (χ3n) is 4.81. The zero-order chi connectivity index (χ0) is 15.1. The lowest BCUT2D eigenvalue weighted by atomic mass is 9.86. The molecule has 0 bridgehead atoms. The summed E-state index contributed by atoms with van der Waals surface area (Å²) in [4.78, 5) is 0. The SMILES string of the molecule is Fc1cccc(-c2cccc3c2[C@@H]2CCNCC[C@@H]2N3)c1F. The minimum atomic E-state index is -0.792. The predicted octanol–water partition coefficient (Wildman–Crippen LogP) is 3.89. The zero-order valence-corrected chi connectivity index (χ0v) is 12.2. The van der Waals surface area contributed by atoms with Gasteiger partial charge in [-0.2, -0.15) is 0 Å². The van der Waals surface area contributed by atoms with E-state index in [2.05, 4.69) is 10.6 Å². The van der Waals surface area contributed by atoms with Gasteiger partial charge in [0.05, 0.1) is 0 Å². The van der Waals surface area contributed by atoms with Crippen LogP contribution in [0.1, 0.15) is 24.3 Å². The van der Waals surface area contributed by atoms with Crippen LogP contribution in [0.3, 0.4) is 0 Å². The van der Waals surface area contributed by atoms with E-state index in [1.165, 1.54) is 6.07 Å². The molecule has 4 rings (SSSR count). The van der Waals surface area contributed by atoms with Gasteiger partial charge in [0.2, 0.25) is 0 Å². The highest BCUT2D eigenvalue weighted by Gasteiger charge is 2.35. The number of hydrogen-bond acceptors (Lipinski definition) is 2. The van der Waals surface area contributed by atoms with Crippen LogP contribution in [0.4, 0.5) is 14.5 Å². The molecule has 4 heteroatoms. The summed E-state index contributed by atoms with van der Waals surface area (Å²) in [5, 5.41) is 6.98. The molecule has 2 aromatic rings. The van der Waals surface area contributed by atoms with Gasteiger partial charge in [0.25, 0.3) is 0 Å². The van der Waals surface area contributed by atoms with Crippen LogP contribution in [0.2, 0.25) is 0 Å². The van der Waals surface area contributed by atoms with Gasteiger partial charge in [0.15, 0.2) is 11.6 Å². The van der Waals surface area contributed by atoms with Crippen LogP contribution in [0.15, 0.2) is 36.4 Å². The minimum Gasteiger partial charge on any atom is -0.381 e. The van der Waals surface area contributed by atoms with Crippen LogP contribution in [-0.4, -0.2) is 19.1 Å². The molecule has 0 spiro atoms. The van der Waals surface area contributed by atoms with E-state index in [-0.39, 0.29) is 0 Å². The van der Waals surface area contributed by atoms with E-state index in [1.807, 2.05) is 18.2 Å². The Morgan fingerprint density at radius 2 is 1.68 bits per heavy atom. The lowest BCUT2D eigenvalue weighted by Gasteiger charge is -2.18. The van der Waals surface area contributed by atoms with Crippen LogP contribution in [0.5, 0.6) is 0 Å². The van der Waals surface area contributed by atoms with E-state index in [0.717, 1.165) is 42.7 Å². The van der Waals surface area contributed by atoms with Crippen LogP contribution in [0, 0.1) is 11.6 Å². The maximum absolute atomic E-state index is 14.3. The van der Waals surface area contributed by atoms with Gasteiger partial charge in [-0.25, -0.2) is 8.78 Å². The highest BCUT2D eigenvalue weighted by molar-refractivity contribution is 5.78. The number of benzene rings is 2. The normalized spacial score (nSPS) is 23.4. The van der Waals surface area contributed by atoms with Crippen molar-refractivity contribution >= 4 is 5.69 Å². The predicted molar refractivity (Wildman–Crippen MR) is 84.0 cm³/mol. The van der Waals surface area contributed by atoms with Gasteiger partial charge in [-0.05, 0) is 49.2 Å². The molecule has 1 fully saturated rings. The quantitative estimate of drug-likeness (QED) is 0.835. The van der Waals surface area contributed by atoms with Gasteiger partial charge < -0.3 is 10.6 Å². The molecule has 22 heavy (non-hydrogen) atoms. The van der Waals surface area contributed by atoms with Crippen molar-refractivity contribution < 1.29 is 8.78 Å². The molecule has 0 aliphatic carbocycles. The molecule has 1 saturated heterocycles. The number of fused-ring (bicyclic) bond motifs is 3. The van der Waals surface area contributed by atoms with E-state index < -0.39 is 11.6 Å². The Hall–Kier alpha value is -1.94. The lowest BCUT2D eigenvalue weighted by Crippen LogP contribution is -2.21. The molecule has 0 unspecified atom stereocenters. The summed E-state index contributed by atoms with van der Waals surface area (Å²) in [6, 6.07) is 10.6. The van der Waals surface area contributed by atoms with Crippen molar-refractivity contribution in [1.82, 2.24) is 5.32 Å². The molecular weight excluding hydrogens is 282 g/mol. The Labute approximate surface area is 128 Å². The Morgan fingerprint density at radius 3 is 2.59 bits per heavy atom. The summed E-state index contributed by atoms with van der Waals surface area (Å²) in [6.45, 7) is 1.95. The number of anilines is 1. The summed E-state index contributed by atoms with van der Waals surface area (Å²) in [5.41, 5.74) is 3.38. The second-order valence-corrected chi connectivity index (χ2v) is 6.05. The van der Waals surface area contributed by atoms with E-state index >= 15 is 0 Å². The Morgan fingerprint density at radius 1 is 0.909 bits per heavy atom. The first kappa shape index (κ1) is 13.7. The fourth-order valence-corrected chi connectivity index (χ4v) is 3.80. The molecule has 0 aromatic heterocycles. The molecule has 114 valence electrons. The third kappa shape index (κ3) is 2.10. The van der Waals surface area contributed by atoms with Crippen LogP contribution >= 0.6 is 0 Å². The zero-order valence-electron chi connectivity index (χ0n) is 12.2. The maximum Gasteiger partial charge on any atom is 0.166 e. The molecule has 2 N–H and O–H groups in total. The van der Waals surface area contributed by atoms with Crippen LogP contribution in [0.25, 0.3) is 11.1 Å². The number of nitrogens with one attached hydrogen (secondary N) is 2. The molecule has 2 aromatic carbocycles. The largest absolute Gasteiger partial charge is 0.381 e. The Bertz CT molecular complexity index is 714. The first-order chi connectivity index (χ1) is 10.8. The fraction of sp³-hybridized carbons (Fsp3) is 0.333. The van der Waals surface area contributed by atoms with Gasteiger partial charge in [-0.15, -0.1) is 0 Å². The van der Waals surface area contributed by atoms with Crippen molar-refractivity contribution in [2.24, 2.45) is 0 Å². The third-order valence-corrected chi connectivity index (χ3v) is 4.81. The molecular formula is C18H18F2N2. The van der Waals surface area contributed by atoms with Crippen molar-refractivity contribution in [2.75, 3.05) is 18.4 Å². The van der Waals surface area contributed by atoms with Gasteiger partial charge >= 0.3 is 0 Å². The minimum absolute atomic E-state index is 0.351. The maximum atomic E-state index is 14.3. The molecule has 2 aliphatic heterocycles. The number of hydrogen-bond donors (Lipinski definition) is 2. The highest BCUT2D eigenvalue weighted by Crippen LogP contribution is 2.45. The van der Waals surface area contributed by atoms with E-state index in [9.17, 15) is 8.78 Å². The van der Waals surface area contributed by atoms with Crippen molar-refractivity contribution in [3.05, 3.63) is 53.6 Å². The van der Waals surface area contributed by atoms with E-state index in [1.54, 1.807) is 12.1 Å². The van der Waals surface area contributed by atoms with Crippen molar-refractivity contribution in [3.63, 3.8) is 0 Å². The van der Waals surface area contributed by atoms with Crippen molar-refractivity contribution in [3.8, 4) is 11.1 Å². The molecule has 2 atom stereocenters. The number of halogens is 2. The first-order valence-corrected chi connectivity index (χ1v) is 7.80. The number of rotatable bonds is 1. The van der Waals surface area contributed by atoms with Gasteiger partial charge in [0, 0.05) is 23.2 Å². The fourth-order valence-electron chi connectivity index (χ4n) is 3.80. The molecule has 0 saturated carbocycles. The van der Waals surface area contributed by atoms with Crippen molar-refractivity contribution in [2.45, 2.75) is 24.8 Å². The topological polar surface area (TPSA) is 24.1 Å².